The zero-order valence-electron chi connectivity index (χ0n) is 14.9. The second-order valence-electron chi connectivity index (χ2n) is 6.20. The molecule has 0 amide bonds. The van der Waals surface area contributed by atoms with Crippen LogP contribution in [-0.2, 0) is 6.18 Å². The van der Waals surface area contributed by atoms with E-state index in [-0.39, 0.29) is 17.2 Å². The Morgan fingerprint density at radius 2 is 1.89 bits per heavy atom. The molecule has 1 heterocycles. The van der Waals surface area contributed by atoms with Gasteiger partial charge >= 0.3 is 6.18 Å². The minimum Gasteiger partial charge on any atom is -0.387 e. The van der Waals surface area contributed by atoms with Crippen LogP contribution in [0.5, 0.6) is 0 Å². The van der Waals surface area contributed by atoms with E-state index in [0.717, 1.165) is 12.1 Å². The maximum atomic E-state index is 12.9. The first-order chi connectivity index (χ1) is 12.7. The monoisotopic (exact) mass is 378 g/mol. The average Bonchev–Trinajstić information content (AvgIpc) is 2.62. The fraction of sp³-hybridized carbons (Fsp3) is 0.316. The van der Waals surface area contributed by atoms with Crippen LogP contribution in [0.2, 0.25) is 0 Å². The molecule has 5 nitrogen and oxygen atoms in total. The van der Waals surface area contributed by atoms with Crippen molar-refractivity contribution in [1.82, 2.24) is 15.2 Å². The molecule has 0 aliphatic rings. The standard InChI is InChI=1S/C19H21F3N4O/c1-4-9-18(27,10-5-2)13(3)24-17-25-16(12-23-26-17)14-7-6-8-15(11-14)19(20,21)22/h4-8,11-13,27H,1-2,9-10H2,3H3,(H,24,25,26)/t13-/m0/s1. The Labute approximate surface area is 155 Å². The zero-order chi connectivity index (χ0) is 20.1. The van der Waals surface area contributed by atoms with E-state index in [0.29, 0.717) is 12.8 Å². The Morgan fingerprint density at radius 1 is 1.22 bits per heavy atom. The lowest BCUT2D eigenvalue weighted by atomic mass is 9.88. The summed E-state index contributed by atoms with van der Waals surface area (Å²) in [7, 11) is 0. The number of halogens is 3. The SMILES string of the molecule is C=CCC(O)(CC=C)[C@H](C)Nc1nncc(-c2cccc(C(F)(F)F)c2)n1. The Balaban J connectivity index is 2.28. The molecule has 2 N–H and O–H groups in total. The molecule has 1 aromatic heterocycles. The molecule has 1 aromatic carbocycles. The number of benzene rings is 1. The van der Waals surface area contributed by atoms with Crippen LogP contribution in [0.15, 0.2) is 55.8 Å². The second kappa shape index (κ2) is 8.30. The van der Waals surface area contributed by atoms with Crippen molar-refractivity contribution in [3.05, 3.63) is 61.3 Å². The molecule has 0 saturated carbocycles. The van der Waals surface area contributed by atoms with Crippen LogP contribution in [0, 0.1) is 0 Å². The van der Waals surface area contributed by atoms with Crippen molar-refractivity contribution in [3.8, 4) is 11.3 Å². The van der Waals surface area contributed by atoms with Crippen molar-refractivity contribution in [2.24, 2.45) is 0 Å². The molecular weight excluding hydrogens is 357 g/mol. The number of hydrogen-bond donors (Lipinski definition) is 2. The number of aromatic nitrogens is 3. The van der Waals surface area contributed by atoms with Gasteiger partial charge in [0.2, 0.25) is 5.95 Å². The minimum atomic E-state index is -4.45. The topological polar surface area (TPSA) is 70.9 Å². The van der Waals surface area contributed by atoms with Gasteiger partial charge in [0, 0.05) is 5.56 Å². The summed E-state index contributed by atoms with van der Waals surface area (Å²) in [5.74, 6) is 0.101. The van der Waals surface area contributed by atoms with Gasteiger partial charge in [-0.15, -0.1) is 18.3 Å². The molecule has 1 atom stereocenters. The van der Waals surface area contributed by atoms with Crippen molar-refractivity contribution in [2.75, 3.05) is 5.32 Å². The van der Waals surface area contributed by atoms with Crippen molar-refractivity contribution in [3.63, 3.8) is 0 Å². The summed E-state index contributed by atoms with van der Waals surface area (Å²) in [5, 5.41) is 21.4. The van der Waals surface area contributed by atoms with Gasteiger partial charge in [0.25, 0.3) is 0 Å². The van der Waals surface area contributed by atoms with E-state index in [1.807, 2.05) is 0 Å². The molecule has 0 unspecified atom stereocenters. The number of aliphatic hydroxyl groups is 1. The molecule has 0 aliphatic carbocycles. The third kappa shape index (κ3) is 5.13. The highest BCUT2D eigenvalue weighted by atomic mass is 19.4. The van der Waals surface area contributed by atoms with Gasteiger partial charge in [-0.05, 0) is 31.9 Å². The predicted molar refractivity (Wildman–Crippen MR) is 97.9 cm³/mol. The highest BCUT2D eigenvalue weighted by molar-refractivity contribution is 5.60. The number of anilines is 1. The lowest BCUT2D eigenvalue weighted by molar-refractivity contribution is -0.137. The summed E-state index contributed by atoms with van der Waals surface area (Å²) in [6.07, 6.45) is 0.657. The zero-order valence-corrected chi connectivity index (χ0v) is 14.9. The number of rotatable bonds is 8. The van der Waals surface area contributed by atoms with Crippen molar-refractivity contribution >= 4 is 5.95 Å². The maximum absolute atomic E-state index is 12.9. The summed E-state index contributed by atoms with van der Waals surface area (Å²) >= 11 is 0. The number of nitrogens with one attached hydrogen (secondary N) is 1. The summed E-state index contributed by atoms with van der Waals surface area (Å²) in [4.78, 5) is 4.23. The molecule has 144 valence electrons. The largest absolute Gasteiger partial charge is 0.416 e. The Bertz CT molecular complexity index is 798. The molecule has 0 fully saturated rings. The van der Waals surface area contributed by atoms with E-state index in [4.69, 9.17) is 0 Å². The first-order valence-corrected chi connectivity index (χ1v) is 8.27. The van der Waals surface area contributed by atoms with E-state index in [9.17, 15) is 18.3 Å². The second-order valence-corrected chi connectivity index (χ2v) is 6.20. The molecule has 0 saturated heterocycles. The van der Waals surface area contributed by atoms with Gasteiger partial charge in [-0.2, -0.15) is 18.3 Å². The molecule has 0 spiro atoms. The van der Waals surface area contributed by atoms with Gasteiger partial charge in [0.05, 0.1) is 29.1 Å². The van der Waals surface area contributed by atoms with Crippen molar-refractivity contribution in [1.29, 1.82) is 0 Å². The average molecular weight is 378 g/mol. The van der Waals surface area contributed by atoms with E-state index >= 15 is 0 Å². The van der Waals surface area contributed by atoms with Crippen molar-refractivity contribution in [2.45, 2.75) is 37.6 Å². The van der Waals surface area contributed by atoms with Crippen LogP contribution in [0.3, 0.4) is 0 Å². The first kappa shape index (κ1) is 20.6. The van der Waals surface area contributed by atoms with Gasteiger partial charge in [0.15, 0.2) is 0 Å². The molecule has 2 rings (SSSR count). The maximum Gasteiger partial charge on any atom is 0.416 e. The van der Waals surface area contributed by atoms with Gasteiger partial charge in [-0.1, -0.05) is 24.3 Å². The smallest absolute Gasteiger partial charge is 0.387 e. The fourth-order valence-electron chi connectivity index (χ4n) is 2.62. The highest BCUT2D eigenvalue weighted by Crippen LogP contribution is 2.31. The molecular formula is C19H21F3N4O. The fourth-order valence-corrected chi connectivity index (χ4v) is 2.62. The highest BCUT2D eigenvalue weighted by Gasteiger charge is 2.32. The first-order valence-electron chi connectivity index (χ1n) is 8.27. The van der Waals surface area contributed by atoms with Crippen LogP contribution in [-0.4, -0.2) is 31.9 Å². The number of nitrogens with zero attached hydrogens (tertiary/aromatic N) is 3. The Kier molecular flexibility index (Phi) is 6.32. The van der Waals surface area contributed by atoms with Crippen LogP contribution >= 0.6 is 0 Å². The molecule has 27 heavy (non-hydrogen) atoms. The molecule has 0 aliphatic heterocycles. The van der Waals surface area contributed by atoms with Gasteiger partial charge in [0.1, 0.15) is 0 Å². The van der Waals surface area contributed by atoms with E-state index in [2.05, 4.69) is 33.7 Å². The Morgan fingerprint density at radius 3 is 2.48 bits per heavy atom. The Hall–Kier alpha value is -2.74. The number of alkyl halides is 3. The van der Waals surface area contributed by atoms with Crippen LogP contribution < -0.4 is 5.32 Å². The normalized spacial score (nSPS) is 13.1. The summed E-state index contributed by atoms with van der Waals surface area (Å²) < 4.78 is 38.7. The van der Waals surface area contributed by atoms with E-state index in [1.54, 1.807) is 19.1 Å². The van der Waals surface area contributed by atoms with Crippen LogP contribution in [0.4, 0.5) is 19.1 Å². The summed E-state index contributed by atoms with van der Waals surface area (Å²) in [6.45, 7) is 9.03. The van der Waals surface area contributed by atoms with Gasteiger partial charge in [-0.3, -0.25) is 0 Å². The lowest BCUT2D eigenvalue weighted by Crippen LogP contribution is -2.44. The van der Waals surface area contributed by atoms with Crippen LogP contribution in [0.1, 0.15) is 25.3 Å². The quantitative estimate of drug-likeness (QED) is 0.673. The predicted octanol–water partition coefficient (Wildman–Crippen LogP) is 4.24. The minimum absolute atomic E-state index is 0.101. The third-order valence-electron chi connectivity index (χ3n) is 4.19. The van der Waals surface area contributed by atoms with Gasteiger partial charge < -0.3 is 10.4 Å². The van der Waals surface area contributed by atoms with Crippen LogP contribution in [0.25, 0.3) is 11.3 Å². The van der Waals surface area contributed by atoms with Gasteiger partial charge in [-0.25, -0.2) is 4.98 Å². The molecule has 0 radical (unpaired) electrons. The molecule has 0 bridgehead atoms. The van der Waals surface area contributed by atoms with E-state index < -0.39 is 23.4 Å². The summed E-state index contributed by atoms with van der Waals surface area (Å²) in [5.41, 5.74) is -1.42. The van der Waals surface area contributed by atoms with E-state index in [1.165, 1.54) is 18.3 Å². The summed E-state index contributed by atoms with van der Waals surface area (Å²) in [6, 6.07) is 4.33. The lowest BCUT2D eigenvalue weighted by Gasteiger charge is -2.33. The third-order valence-corrected chi connectivity index (χ3v) is 4.19. The molecule has 2 aromatic rings. The number of hydrogen-bond acceptors (Lipinski definition) is 5. The molecule has 8 heteroatoms. The van der Waals surface area contributed by atoms with Crippen molar-refractivity contribution < 1.29 is 18.3 Å².